The predicted octanol–water partition coefficient (Wildman–Crippen LogP) is 1.21. The number of halogens is 1. The summed E-state index contributed by atoms with van der Waals surface area (Å²) in [7, 11) is 2.32. The van der Waals surface area contributed by atoms with Crippen molar-refractivity contribution in [1.82, 2.24) is 0 Å². The topological polar surface area (TPSA) is 88.1 Å². The van der Waals surface area contributed by atoms with Crippen LogP contribution in [0.25, 0.3) is 0 Å². The van der Waals surface area contributed by atoms with E-state index in [1.807, 2.05) is 0 Å². The maximum absolute atomic E-state index is 11.7. The molecule has 0 amide bonds. The Kier molecular flexibility index (Phi) is 5.79. The first-order valence-corrected chi connectivity index (χ1v) is 8.24. The van der Waals surface area contributed by atoms with Crippen LogP contribution in [0.15, 0.2) is 0 Å². The summed E-state index contributed by atoms with van der Waals surface area (Å²) in [6.07, 6.45) is -2.05. The molecule has 118 valence electrons. The van der Waals surface area contributed by atoms with Gasteiger partial charge in [-0.05, 0) is 20.8 Å². The van der Waals surface area contributed by atoms with Crippen LogP contribution in [0.4, 0.5) is 0 Å². The lowest BCUT2D eigenvalue weighted by Crippen LogP contribution is -2.33. The Morgan fingerprint density at radius 1 is 1.40 bits per heavy atom. The van der Waals surface area contributed by atoms with Crippen molar-refractivity contribution in [2.45, 2.75) is 45.7 Å². The average molecular weight is 331 g/mol. The van der Waals surface area contributed by atoms with Gasteiger partial charge < -0.3 is 14.2 Å². The number of hydrogen-bond acceptors (Lipinski definition) is 7. The number of esters is 1. The highest BCUT2D eigenvalue weighted by molar-refractivity contribution is 8.10. The molecular formula is C11H19ClO7S. The summed E-state index contributed by atoms with van der Waals surface area (Å²) in [6.45, 7) is 4.99. The van der Waals surface area contributed by atoms with Gasteiger partial charge in [-0.15, -0.1) is 0 Å². The third-order valence-corrected chi connectivity index (χ3v) is 3.35. The first-order valence-electron chi connectivity index (χ1n) is 6.01. The molecule has 1 aliphatic rings. The molecule has 0 radical (unpaired) electrons. The molecule has 0 aliphatic carbocycles. The molecule has 1 aliphatic heterocycles. The quantitative estimate of drug-likeness (QED) is 0.553. The summed E-state index contributed by atoms with van der Waals surface area (Å²) >= 11 is 0. The second-order valence-corrected chi connectivity index (χ2v) is 7.56. The summed E-state index contributed by atoms with van der Waals surface area (Å²) < 4.78 is 42.1. The molecule has 1 saturated heterocycles. The highest BCUT2D eigenvalue weighted by atomic mass is 35.7. The van der Waals surface area contributed by atoms with Gasteiger partial charge in [0.05, 0.1) is 5.41 Å². The van der Waals surface area contributed by atoms with Crippen LogP contribution in [0.3, 0.4) is 0 Å². The van der Waals surface area contributed by atoms with E-state index in [0.29, 0.717) is 0 Å². The minimum Gasteiger partial charge on any atom is -0.462 e. The Labute approximate surface area is 123 Å². The normalized spacial score (nSPS) is 27.6. The van der Waals surface area contributed by atoms with Gasteiger partial charge in [0.25, 0.3) is 0 Å². The van der Waals surface area contributed by atoms with Gasteiger partial charge in [0.15, 0.2) is 6.29 Å². The molecule has 0 spiro atoms. The van der Waals surface area contributed by atoms with Gasteiger partial charge in [0.2, 0.25) is 0 Å². The summed E-state index contributed by atoms with van der Waals surface area (Å²) in [6, 6.07) is 0. The Hall–Kier alpha value is -0.410. The van der Waals surface area contributed by atoms with Crippen LogP contribution >= 0.6 is 10.7 Å². The fraction of sp³-hybridized carbons (Fsp3) is 0.909. The minimum atomic E-state index is -4.14. The van der Waals surface area contributed by atoms with Crippen molar-refractivity contribution >= 4 is 26.0 Å². The first-order chi connectivity index (χ1) is 9.03. The lowest BCUT2D eigenvalue weighted by molar-refractivity contribution is -0.165. The van der Waals surface area contributed by atoms with Crippen molar-refractivity contribution < 1.29 is 31.6 Å². The van der Waals surface area contributed by atoms with E-state index in [4.69, 9.17) is 29.1 Å². The van der Waals surface area contributed by atoms with Crippen molar-refractivity contribution in [3.63, 3.8) is 0 Å². The maximum atomic E-state index is 11.7. The van der Waals surface area contributed by atoms with E-state index < -0.39 is 39.2 Å². The molecule has 20 heavy (non-hydrogen) atoms. The van der Waals surface area contributed by atoms with Gasteiger partial charge in [-0.25, -0.2) is 0 Å². The SMILES string of the molecule is COC1C[C@H](OS(=O)(=O)Cl)[C@@H](COC(=O)C(C)(C)C)O1. The van der Waals surface area contributed by atoms with Gasteiger partial charge in [0.1, 0.15) is 18.8 Å². The van der Waals surface area contributed by atoms with E-state index in [1.54, 1.807) is 20.8 Å². The Morgan fingerprint density at radius 3 is 2.45 bits per heavy atom. The number of carbonyl (C=O) groups is 1. The van der Waals surface area contributed by atoms with Crippen LogP contribution in [-0.2, 0) is 32.5 Å². The van der Waals surface area contributed by atoms with Crippen molar-refractivity contribution in [3.8, 4) is 0 Å². The van der Waals surface area contributed by atoms with Gasteiger partial charge in [-0.1, -0.05) is 0 Å². The van der Waals surface area contributed by atoms with Crippen LogP contribution in [0.1, 0.15) is 27.2 Å². The number of hydrogen-bond donors (Lipinski definition) is 0. The van der Waals surface area contributed by atoms with E-state index in [1.165, 1.54) is 7.11 Å². The summed E-state index contributed by atoms with van der Waals surface area (Å²) in [5.41, 5.74) is -0.659. The molecule has 0 bridgehead atoms. The highest BCUT2D eigenvalue weighted by Crippen LogP contribution is 2.27. The summed E-state index contributed by atoms with van der Waals surface area (Å²) in [4.78, 5) is 11.7. The van der Waals surface area contributed by atoms with Crippen LogP contribution in [0.2, 0.25) is 0 Å². The largest absolute Gasteiger partial charge is 0.462 e. The monoisotopic (exact) mass is 330 g/mol. The Balaban J connectivity index is 2.63. The second-order valence-electron chi connectivity index (χ2n) is 5.45. The van der Waals surface area contributed by atoms with Crippen LogP contribution in [-0.4, -0.2) is 46.6 Å². The highest BCUT2D eigenvalue weighted by Gasteiger charge is 2.40. The molecule has 0 aromatic heterocycles. The van der Waals surface area contributed by atoms with Crippen molar-refractivity contribution in [1.29, 1.82) is 0 Å². The molecule has 1 fully saturated rings. The molecule has 0 N–H and O–H groups in total. The molecule has 1 unspecified atom stereocenters. The molecule has 0 aromatic carbocycles. The van der Waals surface area contributed by atoms with E-state index in [2.05, 4.69) is 0 Å². The molecule has 1 heterocycles. The summed E-state index contributed by atoms with van der Waals surface area (Å²) in [5, 5.41) is 0. The number of carbonyl (C=O) groups excluding carboxylic acids is 1. The molecule has 1 rings (SSSR count). The van der Waals surface area contributed by atoms with E-state index in [-0.39, 0.29) is 13.0 Å². The van der Waals surface area contributed by atoms with Crippen LogP contribution < -0.4 is 0 Å². The fourth-order valence-corrected chi connectivity index (χ4v) is 2.38. The average Bonchev–Trinajstić information content (AvgIpc) is 2.64. The van der Waals surface area contributed by atoms with Crippen molar-refractivity contribution in [2.24, 2.45) is 5.41 Å². The fourth-order valence-electron chi connectivity index (χ4n) is 1.60. The van der Waals surface area contributed by atoms with Gasteiger partial charge in [0, 0.05) is 24.2 Å². The molecule has 9 heteroatoms. The lowest BCUT2D eigenvalue weighted by atomic mass is 9.97. The Morgan fingerprint density at radius 2 is 2.00 bits per heavy atom. The number of ether oxygens (including phenoxy) is 3. The Bertz CT molecular complexity index is 442. The smallest absolute Gasteiger partial charge is 0.355 e. The standard InChI is InChI=1S/C11H19ClO7S/c1-11(2,3)10(13)17-6-8-7(19-20(12,14)15)5-9(16-4)18-8/h7-9H,5-6H2,1-4H3/t7-,8+,9?/m0/s1. The third kappa shape index (κ3) is 5.53. The first kappa shape index (κ1) is 17.6. The molecule has 0 aromatic rings. The van der Waals surface area contributed by atoms with Crippen LogP contribution in [0.5, 0.6) is 0 Å². The van der Waals surface area contributed by atoms with Crippen LogP contribution in [0, 0.1) is 5.41 Å². The van der Waals surface area contributed by atoms with Gasteiger partial charge in [-0.3, -0.25) is 8.98 Å². The number of rotatable bonds is 5. The molecule has 7 nitrogen and oxygen atoms in total. The van der Waals surface area contributed by atoms with Gasteiger partial charge in [-0.2, -0.15) is 8.42 Å². The summed E-state index contributed by atoms with van der Waals surface area (Å²) in [5.74, 6) is -0.422. The van der Waals surface area contributed by atoms with Crippen molar-refractivity contribution in [2.75, 3.05) is 13.7 Å². The predicted molar refractivity (Wildman–Crippen MR) is 70.3 cm³/mol. The molecular weight excluding hydrogens is 312 g/mol. The van der Waals surface area contributed by atoms with Crippen molar-refractivity contribution in [3.05, 3.63) is 0 Å². The third-order valence-electron chi connectivity index (χ3n) is 2.66. The molecule has 0 saturated carbocycles. The lowest BCUT2D eigenvalue weighted by Gasteiger charge is -2.21. The zero-order valence-electron chi connectivity index (χ0n) is 11.8. The maximum Gasteiger partial charge on any atom is 0.355 e. The van der Waals surface area contributed by atoms with E-state index in [0.717, 1.165) is 0 Å². The zero-order valence-corrected chi connectivity index (χ0v) is 13.4. The zero-order chi connectivity index (χ0) is 15.6. The van der Waals surface area contributed by atoms with Gasteiger partial charge >= 0.3 is 15.3 Å². The molecule has 3 atom stereocenters. The minimum absolute atomic E-state index is 0.132. The second kappa shape index (κ2) is 6.57. The van der Waals surface area contributed by atoms with E-state index in [9.17, 15) is 13.2 Å². The number of methoxy groups -OCH3 is 1. The van der Waals surface area contributed by atoms with E-state index >= 15 is 0 Å².